The van der Waals surface area contributed by atoms with Gasteiger partial charge in [0, 0.05) is 12.3 Å². The lowest BCUT2D eigenvalue weighted by molar-refractivity contribution is 0.443. The summed E-state index contributed by atoms with van der Waals surface area (Å²) in [4.78, 5) is 0. The van der Waals surface area contributed by atoms with E-state index in [1.165, 1.54) is 43.9 Å². The van der Waals surface area contributed by atoms with E-state index in [0.717, 1.165) is 12.1 Å². The van der Waals surface area contributed by atoms with Crippen LogP contribution in [0.4, 0.5) is 0 Å². The van der Waals surface area contributed by atoms with Crippen LogP contribution >= 0.6 is 0 Å². The van der Waals surface area contributed by atoms with Crippen molar-refractivity contribution in [3.05, 3.63) is 35.4 Å². The van der Waals surface area contributed by atoms with Gasteiger partial charge >= 0.3 is 0 Å². The zero-order valence-corrected chi connectivity index (χ0v) is 14.0. The number of benzene rings is 1. The normalized spacial score (nSPS) is 18.6. The SMILES string of the molecule is CCNC(CS(C)(=O)=O)c1ccc(C2CCCCC2)cc1. The van der Waals surface area contributed by atoms with E-state index in [2.05, 4.69) is 29.6 Å². The van der Waals surface area contributed by atoms with E-state index < -0.39 is 9.84 Å². The van der Waals surface area contributed by atoms with Crippen molar-refractivity contribution >= 4 is 9.84 Å². The van der Waals surface area contributed by atoms with Crippen molar-refractivity contribution in [1.82, 2.24) is 5.32 Å². The summed E-state index contributed by atoms with van der Waals surface area (Å²) in [6, 6.07) is 8.48. The molecule has 0 bridgehead atoms. The molecule has 1 aromatic carbocycles. The molecule has 1 fully saturated rings. The van der Waals surface area contributed by atoms with Crippen molar-refractivity contribution < 1.29 is 8.42 Å². The van der Waals surface area contributed by atoms with Crippen molar-refractivity contribution in [3.8, 4) is 0 Å². The predicted molar refractivity (Wildman–Crippen MR) is 88.4 cm³/mol. The van der Waals surface area contributed by atoms with Gasteiger partial charge in [-0.3, -0.25) is 0 Å². The summed E-state index contributed by atoms with van der Waals surface area (Å²) in [6.45, 7) is 2.77. The van der Waals surface area contributed by atoms with E-state index in [4.69, 9.17) is 0 Å². The Labute approximate surface area is 129 Å². The minimum absolute atomic E-state index is 0.106. The zero-order valence-electron chi connectivity index (χ0n) is 13.1. The Morgan fingerprint density at radius 1 is 1.14 bits per heavy atom. The molecule has 0 spiro atoms. The smallest absolute Gasteiger partial charge is 0.149 e. The van der Waals surface area contributed by atoms with Gasteiger partial charge in [0.05, 0.1) is 5.75 Å². The fourth-order valence-electron chi connectivity index (χ4n) is 3.26. The fraction of sp³-hybridized carbons (Fsp3) is 0.647. The number of nitrogens with one attached hydrogen (secondary N) is 1. The van der Waals surface area contributed by atoms with Gasteiger partial charge in [-0.15, -0.1) is 0 Å². The molecule has 1 aliphatic rings. The van der Waals surface area contributed by atoms with E-state index >= 15 is 0 Å². The Balaban J connectivity index is 2.11. The predicted octanol–water partition coefficient (Wildman–Crippen LogP) is 3.43. The van der Waals surface area contributed by atoms with Crippen LogP contribution in [0.25, 0.3) is 0 Å². The van der Waals surface area contributed by atoms with E-state index in [-0.39, 0.29) is 11.8 Å². The first-order valence-electron chi connectivity index (χ1n) is 8.00. The van der Waals surface area contributed by atoms with Crippen LogP contribution in [0.15, 0.2) is 24.3 Å². The zero-order chi connectivity index (χ0) is 15.3. The second-order valence-electron chi connectivity index (χ2n) is 6.20. The maximum atomic E-state index is 11.6. The first-order valence-corrected chi connectivity index (χ1v) is 10.1. The molecule has 1 N–H and O–H groups in total. The number of sulfone groups is 1. The average molecular weight is 309 g/mol. The summed E-state index contributed by atoms with van der Waals surface area (Å²) >= 11 is 0. The van der Waals surface area contributed by atoms with Crippen LogP contribution in [0.2, 0.25) is 0 Å². The molecule has 0 radical (unpaired) electrons. The highest BCUT2D eigenvalue weighted by Crippen LogP contribution is 2.33. The quantitative estimate of drug-likeness (QED) is 0.875. The molecule has 1 unspecified atom stereocenters. The highest BCUT2D eigenvalue weighted by molar-refractivity contribution is 7.90. The molecule has 0 aromatic heterocycles. The number of hydrogen-bond donors (Lipinski definition) is 1. The summed E-state index contributed by atoms with van der Waals surface area (Å²) in [5.41, 5.74) is 2.48. The first-order chi connectivity index (χ1) is 9.99. The fourth-order valence-corrected chi connectivity index (χ4v) is 4.17. The van der Waals surface area contributed by atoms with E-state index in [0.29, 0.717) is 5.92 Å². The number of rotatable bonds is 6. The van der Waals surface area contributed by atoms with Gasteiger partial charge in [0.2, 0.25) is 0 Å². The second-order valence-corrected chi connectivity index (χ2v) is 8.39. The molecule has 118 valence electrons. The Morgan fingerprint density at radius 3 is 2.29 bits per heavy atom. The third-order valence-corrected chi connectivity index (χ3v) is 5.27. The summed E-state index contributed by atoms with van der Waals surface area (Å²) in [7, 11) is -2.99. The van der Waals surface area contributed by atoms with Gasteiger partial charge in [-0.2, -0.15) is 0 Å². The van der Waals surface area contributed by atoms with Crippen LogP contribution in [0, 0.1) is 0 Å². The Morgan fingerprint density at radius 2 is 1.76 bits per heavy atom. The highest BCUT2D eigenvalue weighted by atomic mass is 32.2. The topological polar surface area (TPSA) is 46.2 Å². The maximum Gasteiger partial charge on any atom is 0.149 e. The molecule has 0 saturated heterocycles. The molecule has 3 nitrogen and oxygen atoms in total. The molecule has 1 aromatic rings. The molecule has 2 rings (SSSR count). The first kappa shape index (κ1) is 16.5. The van der Waals surface area contributed by atoms with Gasteiger partial charge < -0.3 is 5.32 Å². The minimum atomic E-state index is -2.99. The van der Waals surface area contributed by atoms with Crippen molar-refractivity contribution in [2.45, 2.75) is 51.0 Å². The lowest BCUT2D eigenvalue weighted by Crippen LogP contribution is -2.27. The summed E-state index contributed by atoms with van der Waals surface area (Å²) in [5.74, 6) is 0.851. The maximum absolute atomic E-state index is 11.6. The van der Waals surface area contributed by atoms with Crippen LogP contribution in [0.1, 0.15) is 62.1 Å². The van der Waals surface area contributed by atoms with Gasteiger partial charge in [0.1, 0.15) is 9.84 Å². The van der Waals surface area contributed by atoms with Crippen molar-refractivity contribution in [1.29, 1.82) is 0 Å². The largest absolute Gasteiger partial charge is 0.309 e. The molecule has 0 amide bonds. The molecule has 0 aliphatic heterocycles. The van der Waals surface area contributed by atoms with Gasteiger partial charge in [-0.05, 0) is 36.4 Å². The lowest BCUT2D eigenvalue weighted by Gasteiger charge is -2.23. The average Bonchev–Trinajstić information content (AvgIpc) is 2.47. The summed E-state index contributed by atoms with van der Waals surface area (Å²) in [5, 5.41) is 3.28. The third-order valence-electron chi connectivity index (χ3n) is 4.34. The van der Waals surface area contributed by atoms with Crippen molar-refractivity contribution in [2.24, 2.45) is 0 Å². The summed E-state index contributed by atoms with van der Waals surface area (Å²) < 4.78 is 23.1. The molecule has 1 saturated carbocycles. The highest BCUT2D eigenvalue weighted by Gasteiger charge is 2.18. The number of hydrogen-bond acceptors (Lipinski definition) is 3. The monoisotopic (exact) mass is 309 g/mol. The molecule has 21 heavy (non-hydrogen) atoms. The molecular weight excluding hydrogens is 282 g/mol. The second kappa shape index (κ2) is 7.41. The molecule has 4 heteroatoms. The molecule has 1 atom stereocenters. The lowest BCUT2D eigenvalue weighted by atomic mass is 9.84. The molecular formula is C17H27NO2S. The Hall–Kier alpha value is -0.870. The Kier molecular flexibility index (Phi) is 5.82. The Bertz CT molecular complexity index is 530. The van der Waals surface area contributed by atoms with Crippen LogP contribution in [-0.4, -0.2) is 27.0 Å². The minimum Gasteiger partial charge on any atom is -0.309 e. The van der Waals surface area contributed by atoms with Gasteiger partial charge in [0.15, 0.2) is 0 Å². The van der Waals surface area contributed by atoms with Crippen LogP contribution in [0.5, 0.6) is 0 Å². The van der Waals surface area contributed by atoms with Crippen LogP contribution in [-0.2, 0) is 9.84 Å². The van der Waals surface area contributed by atoms with Crippen LogP contribution < -0.4 is 5.32 Å². The van der Waals surface area contributed by atoms with Gasteiger partial charge in [-0.25, -0.2) is 8.42 Å². The molecule has 0 heterocycles. The van der Waals surface area contributed by atoms with Crippen molar-refractivity contribution in [2.75, 3.05) is 18.6 Å². The van der Waals surface area contributed by atoms with E-state index in [1.54, 1.807) is 0 Å². The van der Waals surface area contributed by atoms with Gasteiger partial charge in [0.25, 0.3) is 0 Å². The van der Waals surface area contributed by atoms with Gasteiger partial charge in [-0.1, -0.05) is 50.5 Å². The van der Waals surface area contributed by atoms with E-state index in [1.807, 2.05) is 6.92 Å². The molecule has 1 aliphatic carbocycles. The summed E-state index contributed by atoms with van der Waals surface area (Å²) in [6.07, 6.45) is 7.92. The third kappa shape index (κ3) is 5.11. The van der Waals surface area contributed by atoms with Crippen LogP contribution in [0.3, 0.4) is 0 Å². The standard InChI is InChI=1S/C17H27NO2S/c1-3-18-17(13-21(2,19)20)16-11-9-15(10-12-16)14-7-5-4-6-8-14/h9-12,14,17-18H,3-8,13H2,1-2H3. The van der Waals surface area contributed by atoms with Crippen molar-refractivity contribution in [3.63, 3.8) is 0 Å². The van der Waals surface area contributed by atoms with E-state index in [9.17, 15) is 8.42 Å².